The van der Waals surface area contributed by atoms with Gasteiger partial charge < -0.3 is 14.2 Å². The van der Waals surface area contributed by atoms with E-state index in [1.54, 1.807) is 37.3 Å². The van der Waals surface area contributed by atoms with Crippen LogP contribution in [0.3, 0.4) is 0 Å². The minimum atomic E-state index is -4.20. The van der Waals surface area contributed by atoms with E-state index < -0.39 is 33.8 Å². The number of benzene rings is 3. The van der Waals surface area contributed by atoms with E-state index in [0.29, 0.717) is 17.1 Å². The number of carbonyl (C=O) groups is 3. The van der Waals surface area contributed by atoms with Gasteiger partial charge in [-0.05, 0) is 67.9 Å². The molecular weight excluding hydrogens is 524 g/mol. The van der Waals surface area contributed by atoms with Crippen molar-refractivity contribution in [1.82, 2.24) is 4.31 Å². The summed E-state index contributed by atoms with van der Waals surface area (Å²) in [6.45, 7) is 3.62. The predicted molar refractivity (Wildman–Crippen MR) is 140 cm³/mol. The number of ether oxygens (including phenoxy) is 3. The van der Waals surface area contributed by atoms with Crippen LogP contribution in [0.25, 0.3) is 0 Å². The fourth-order valence-electron chi connectivity index (χ4n) is 4.50. The Hall–Kier alpha value is -4.22. The van der Waals surface area contributed by atoms with Gasteiger partial charge in [0.05, 0.1) is 29.2 Å². The first-order valence-electron chi connectivity index (χ1n) is 12.3. The van der Waals surface area contributed by atoms with Gasteiger partial charge in [0.25, 0.3) is 5.91 Å². The Labute approximate surface area is 225 Å². The van der Waals surface area contributed by atoms with Gasteiger partial charge in [0.15, 0.2) is 11.5 Å². The maximum absolute atomic E-state index is 13.9. The summed E-state index contributed by atoms with van der Waals surface area (Å²) in [5, 5.41) is 0. The number of rotatable bonds is 8. The average Bonchev–Trinajstić information content (AvgIpc) is 3.50. The number of hydrogen-bond donors (Lipinski definition) is 0. The van der Waals surface area contributed by atoms with Crippen molar-refractivity contribution in [2.45, 2.75) is 37.8 Å². The van der Waals surface area contributed by atoms with Gasteiger partial charge in [0.1, 0.15) is 6.04 Å². The van der Waals surface area contributed by atoms with Gasteiger partial charge in [0.2, 0.25) is 22.7 Å². The number of sulfonamides is 1. The van der Waals surface area contributed by atoms with Crippen molar-refractivity contribution in [2.75, 3.05) is 18.3 Å². The molecule has 2 amide bonds. The van der Waals surface area contributed by atoms with Crippen LogP contribution in [-0.2, 0) is 30.9 Å². The minimum absolute atomic E-state index is 0.00586. The van der Waals surface area contributed by atoms with E-state index in [1.165, 1.54) is 36.4 Å². The molecule has 39 heavy (non-hydrogen) atoms. The number of anilines is 1. The van der Waals surface area contributed by atoms with E-state index in [9.17, 15) is 22.8 Å². The van der Waals surface area contributed by atoms with E-state index in [2.05, 4.69) is 0 Å². The van der Waals surface area contributed by atoms with Gasteiger partial charge in [-0.2, -0.15) is 4.31 Å². The number of hydrogen-bond acceptors (Lipinski definition) is 8. The minimum Gasteiger partial charge on any atom is -0.462 e. The summed E-state index contributed by atoms with van der Waals surface area (Å²) >= 11 is 0. The number of amides is 2. The van der Waals surface area contributed by atoms with Crippen molar-refractivity contribution >= 4 is 33.5 Å². The third-order valence-corrected chi connectivity index (χ3v) is 8.38. The van der Waals surface area contributed by atoms with Crippen LogP contribution in [0, 0.1) is 6.92 Å². The fourth-order valence-corrected chi connectivity index (χ4v) is 6.07. The van der Waals surface area contributed by atoms with Crippen LogP contribution in [-0.4, -0.2) is 49.9 Å². The number of imide groups is 1. The molecular formula is C28H26N2O8S. The normalized spacial score (nSPS) is 16.7. The maximum Gasteiger partial charge on any atom is 0.338 e. The molecule has 2 aliphatic rings. The van der Waals surface area contributed by atoms with Crippen molar-refractivity contribution < 1.29 is 37.0 Å². The first-order chi connectivity index (χ1) is 18.7. The quantitative estimate of drug-likeness (QED) is 0.309. The molecule has 202 valence electrons. The molecule has 1 saturated heterocycles. The van der Waals surface area contributed by atoms with Crippen molar-refractivity contribution in [3.05, 3.63) is 83.4 Å². The highest BCUT2D eigenvalue weighted by atomic mass is 32.2. The molecule has 2 heterocycles. The lowest BCUT2D eigenvalue weighted by Crippen LogP contribution is -2.45. The van der Waals surface area contributed by atoms with Crippen molar-refractivity contribution in [3.8, 4) is 11.5 Å². The Morgan fingerprint density at radius 2 is 1.69 bits per heavy atom. The molecule has 0 radical (unpaired) electrons. The number of fused-ring (bicyclic) bond motifs is 1. The first-order valence-corrected chi connectivity index (χ1v) is 13.7. The molecule has 0 aromatic heterocycles. The van der Waals surface area contributed by atoms with E-state index >= 15 is 0 Å². The van der Waals surface area contributed by atoms with Crippen LogP contribution in [0.1, 0.15) is 34.8 Å². The first kappa shape index (κ1) is 26.4. The smallest absolute Gasteiger partial charge is 0.338 e. The van der Waals surface area contributed by atoms with Crippen LogP contribution in [0.15, 0.2) is 71.6 Å². The Morgan fingerprint density at radius 1 is 1.00 bits per heavy atom. The molecule has 0 bridgehead atoms. The predicted octanol–water partition coefficient (Wildman–Crippen LogP) is 3.42. The second-order valence-electron chi connectivity index (χ2n) is 9.11. The van der Waals surface area contributed by atoms with Crippen LogP contribution in [0.5, 0.6) is 11.5 Å². The highest BCUT2D eigenvalue weighted by molar-refractivity contribution is 7.89. The molecule has 11 heteroatoms. The number of carbonyl (C=O) groups excluding carboxylic acids is 3. The van der Waals surface area contributed by atoms with Crippen LogP contribution < -0.4 is 14.4 Å². The fraction of sp³-hybridized carbons (Fsp3) is 0.250. The summed E-state index contributed by atoms with van der Waals surface area (Å²) in [6.07, 6.45) is -0.339. The summed E-state index contributed by atoms with van der Waals surface area (Å²) in [5.74, 6) is -0.752. The maximum atomic E-state index is 13.9. The molecule has 0 N–H and O–H groups in total. The van der Waals surface area contributed by atoms with Crippen LogP contribution in [0.2, 0.25) is 0 Å². The van der Waals surface area contributed by atoms with Gasteiger partial charge in [-0.25, -0.2) is 18.1 Å². The van der Waals surface area contributed by atoms with E-state index in [-0.39, 0.29) is 42.5 Å². The Morgan fingerprint density at radius 3 is 2.38 bits per heavy atom. The summed E-state index contributed by atoms with van der Waals surface area (Å²) in [7, 11) is -4.20. The van der Waals surface area contributed by atoms with Gasteiger partial charge in [-0.15, -0.1) is 0 Å². The second kappa shape index (κ2) is 10.5. The lowest BCUT2D eigenvalue weighted by atomic mass is 10.1. The average molecular weight is 551 g/mol. The monoisotopic (exact) mass is 550 g/mol. The van der Waals surface area contributed by atoms with Crippen molar-refractivity contribution in [3.63, 3.8) is 0 Å². The van der Waals surface area contributed by atoms with E-state index in [4.69, 9.17) is 14.2 Å². The van der Waals surface area contributed by atoms with Crippen molar-refractivity contribution in [1.29, 1.82) is 0 Å². The molecule has 0 aliphatic carbocycles. The summed E-state index contributed by atoms with van der Waals surface area (Å²) in [4.78, 5) is 39.7. The molecule has 3 aromatic rings. The zero-order chi connectivity index (χ0) is 27.7. The number of nitrogens with zero attached hydrogens (tertiary/aromatic N) is 2. The zero-order valence-corrected chi connectivity index (χ0v) is 22.1. The molecule has 3 aromatic carbocycles. The molecule has 2 aliphatic heterocycles. The molecule has 1 fully saturated rings. The van der Waals surface area contributed by atoms with Crippen LogP contribution >= 0.6 is 0 Å². The van der Waals surface area contributed by atoms with E-state index in [1.807, 2.05) is 6.92 Å². The summed E-state index contributed by atoms with van der Waals surface area (Å²) < 4.78 is 44.6. The second-order valence-corrected chi connectivity index (χ2v) is 11.0. The Bertz CT molecular complexity index is 1530. The standard InChI is InChI=1S/C28H26N2O8S/c1-3-36-28(33)20-7-9-21(10-8-20)30-26(31)15-23(27(30)32)29(39(34,35)22-11-4-18(2)5-12-22)16-19-6-13-24-25(14-19)38-17-37-24/h4-14,23H,3,15-17H2,1-2H3. The van der Waals surface area contributed by atoms with Gasteiger partial charge >= 0.3 is 5.97 Å². The summed E-state index contributed by atoms with van der Waals surface area (Å²) in [5.41, 5.74) is 1.94. The van der Waals surface area contributed by atoms with Gasteiger partial charge in [0, 0.05) is 6.54 Å². The lowest BCUT2D eigenvalue weighted by Gasteiger charge is -2.27. The molecule has 0 saturated carbocycles. The molecule has 0 spiro atoms. The number of aryl methyl sites for hydroxylation is 1. The Kier molecular flexibility index (Phi) is 7.11. The molecule has 1 atom stereocenters. The van der Waals surface area contributed by atoms with Gasteiger partial charge in [-0.1, -0.05) is 23.8 Å². The summed E-state index contributed by atoms with van der Waals surface area (Å²) in [6, 6.07) is 15.9. The third kappa shape index (κ3) is 5.10. The molecule has 5 rings (SSSR count). The largest absolute Gasteiger partial charge is 0.462 e. The lowest BCUT2D eigenvalue weighted by molar-refractivity contribution is -0.122. The SMILES string of the molecule is CCOC(=O)c1ccc(N2C(=O)CC(N(Cc3ccc4c(c3)OCO4)S(=O)(=O)c3ccc(C)cc3)C2=O)cc1. The Balaban J connectivity index is 1.49. The van der Waals surface area contributed by atoms with Crippen LogP contribution in [0.4, 0.5) is 5.69 Å². The topological polar surface area (TPSA) is 120 Å². The molecule has 1 unspecified atom stereocenters. The highest BCUT2D eigenvalue weighted by Crippen LogP contribution is 2.35. The highest BCUT2D eigenvalue weighted by Gasteiger charge is 2.47. The molecule has 10 nitrogen and oxygen atoms in total. The van der Waals surface area contributed by atoms with Crippen molar-refractivity contribution in [2.24, 2.45) is 0 Å². The number of esters is 1. The van der Waals surface area contributed by atoms with E-state index in [0.717, 1.165) is 14.8 Å². The third-order valence-electron chi connectivity index (χ3n) is 6.51. The zero-order valence-electron chi connectivity index (χ0n) is 21.3. The van der Waals surface area contributed by atoms with Gasteiger partial charge in [-0.3, -0.25) is 9.59 Å².